The van der Waals surface area contributed by atoms with E-state index in [-0.39, 0.29) is 27.4 Å². The van der Waals surface area contributed by atoms with Crippen LogP contribution >= 0.6 is 23.2 Å². The fraction of sp³-hybridized carbons (Fsp3) is 0.231. The summed E-state index contributed by atoms with van der Waals surface area (Å²) in [4.78, 5) is 40.3. The Balaban J connectivity index is 2.92. The summed E-state index contributed by atoms with van der Waals surface area (Å²) in [6, 6.07) is 0. The van der Waals surface area contributed by atoms with E-state index in [0.717, 1.165) is 0 Å². The molecule has 0 radical (unpaired) electrons. The van der Waals surface area contributed by atoms with Gasteiger partial charge < -0.3 is 4.74 Å². The number of nitrogens with zero attached hydrogens (tertiary/aromatic N) is 1. The van der Waals surface area contributed by atoms with Crippen LogP contribution in [0.2, 0.25) is 0 Å². The first-order valence-electron chi connectivity index (χ1n) is 5.55. The number of hydrogen-bond acceptors (Lipinski definition) is 5. The molecule has 0 unspecified atom stereocenters. The quantitative estimate of drug-likeness (QED) is 0.745. The second-order valence-corrected chi connectivity index (χ2v) is 4.94. The van der Waals surface area contributed by atoms with Crippen molar-refractivity contribution >= 4 is 40.7 Å². The van der Waals surface area contributed by atoms with Crippen LogP contribution in [0, 0.1) is 13.8 Å². The molecule has 0 saturated carbocycles. The average molecular weight is 314 g/mol. The van der Waals surface area contributed by atoms with Crippen LogP contribution in [0.5, 0.6) is 0 Å². The Hall–Kier alpha value is -1.72. The second kappa shape index (κ2) is 5.00. The molecule has 1 aliphatic rings. The molecular weight excluding hydrogens is 305 g/mol. The van der Waals surface area contributed by atoms with Gasteiger partial charge in [-0.3, -0.25) is 14.6 Å². The molecule has 5 nitrogen and oxygen atoms in total. The molecule has 0 fully saturated rings. The zero-order valence-corrected chi connectivity index (χ0v) is 12.3. The lowest BCUT2D eigenvalue weighted by Gasteiger charge is -2.19. The van der Waals surface area contributed by atoms with Gasteiger partial charge in [-0.2, -0.15) is 0 Å². The van der Waals surface area contributed by atoms with E-state index in [0.29, 0.717) is 5.69 Å². The summed E-state index contributed by atoms with van der Waals surface area (Å²) in [5, 5.41) is -0.770. The van der Waals surface area contributed by atoms with Crippen LogP contribution in [0.25, 0.3) is 0 Å². The number of allylic oxidation sites excluding steroid dienone is 2. The van der Waals surface area contributed by atoms with Crippen molar-refractivity contribution in [3.05, 3.63) is 38.1 Å². The number of carbonyl (C=O) groups excluding carboxylic acids is 3. The van der Waals surface area contributed by atoms with Crippen molar-refractivity contribution in [2.24, 2.45) is 0 Å². The molecule has 20 heavy (non-hydrogen) atoms. The summed E-state index contributed by atoms with van der Waals surface area (Å²) in [6.07, 6.45) is 0. The number of pyridine rings is 1. The summed E-state index contributed by atoms with van der Waals surface area (Å²) in [5.41, 5.74) is 0.438. The van der Waals surface area contributed by atoms with Gasteiger partial charge in [-0.15, -0.1) is 0 Å². The number of rotatable bonds is 1. The Morgan fingerprint density at radius 2 is 1.50 bits per heavy atom. The Labute approximate surface area is 124 Å². The number of ketones is 2. The lowest BCUT2D eigenvalue weighted by Crippen LogP contribution is -2.25. The number of fused-ring (bicyclic) bond motifs is 1. The fourth-order valence-corrected chi connectivity index (χ4v) is 2.49. The second-order valence-electron chi connectivity index (χ2n) is 4.19. The predicted octanol–water partition coefficient (Wildman–Crippen LogP) is 2.55. The van der Waals surface area contributed by atoms with E-state index in [9.17, 15) is 14.4 Å². The van der Waals surface area contributed by atoms with Crippen LogP contribution in [0.1, 0.15) is 42.5 Å². The van der Waals surface area contributed by atoms with Crippen LogP contribution < -0.4 is 0 Å². The number of methoxy groups -OCH3 is 1. The molecule has 0 saturated heterocycles. The zero-order valence-electron chi connectivity index (χ0n) is 10.8. The minimum Gasteiger partial charge on any atom is -0.465 e. The van der Waals surface area contributed by atoms with Gasteiger partial charge in [0.1, 0.15) is 10.1 Å². The van der Waals surface area contributed by atoms with Crippen LogP contribution in [0.15, 0.2) is 10.1 Å². The monoisotopic (exact) mass is 313 g/mol. The molecule has 1 aromatic rings. The zero-order chi connectivity index (χ0) is 15.2. The number of carbonyl (C=O) groups is 3. The summed E-state index contributed by atoms with van der Waals surface area (Å²) in [6.45, 7) is 3.10. The van der Waals surface area contributed by atoms with Crippen molar-refractivity contribution < 1.29 is 19.1 Å². The van der Waals surface area contributed by atoms with Gasteiger partial charge in [0.05, 0.1) is 29.5 Å². The largest absolute Gasteiger partial charge is 0.465 e. The van der Waals surface area contributed by atoms with Gasteiger partial charge >= 0.3 is 5.97 Å². The van der Waals surface area contributed by atoms with Gasteiger partial charge in [0.25, 0.3) is 0 Å². The maximum absolute atomic E-state index is 12.3. The molecule has 1 aromatic heterocycles. The summed E-state index contributed by atoms with van der Waals surface area (Å²) < 4.78 is 4.63. The Kier molecular flexibility index (Phi) is 3.67. The highest BCUT2D eigenvalue weighted by Crippen LogP contribution is 2.34. The maximum Gasteiger partial charge on any atom is 0.340 e. The SMILES string of the molecule is COC(=O)c1c(C)nc(C)c2c1C(=O)C(Cl)=C(Cl)C2=O. The first kappa shape index (κ1) is 14.7. The highest BCUT2D eigenvalue weighted by Gasteiger charge is 2.37. The molecule has 7 heteroatoms. The van der Waals surface area contributed by atoms with Crippen LogP contribution in [-0.2, 0) is 4.74 Å². The van der Waals surface area contributed by atoms with Gasteiger partial charge in [0.15, 0.2) is 0 Å². The predicted molar refractivity (Wildman–Crippen MR) is 72.4 cm³/mol. The fourth-order valence-electron chi connectivity index (χ4n) is 2.13. The van der Waals surface area contributed by atoms with E-state index >= 15 is 0 Å². The van der Waals surface area contributed by atoms with Gasteiger partial charge in [-0.25, -0.2) is 4.79 Å². The molecule has 0 amide bonds. The molecule has 0 atom stereocenters. The molecular formula is C13H9Cl2NO4. The smallest absolute Gasteiger partial charge is 0.340 e. The van der Waals surface area contributed by atoms with Crippen molar-refractivity contribution in [1.82, 2.24) is 4.98 Å². The van der Waals surface area contributed by atoms with Crippen LogP contribution in [0.3, 0.4) is 0 Å². The highest BCUT2D eigenvalue weighted by molar-refractivity contribution is 6.59. The van der Waals surface area contributed by atoms with Crippen molar-refractivity contribution in [2.45, 2.75) is 13.8 Å². The molecule has 2 rings (SSSR count). The molecule has 0 N–H and O–H groups in total. The molecule has 0 spiro atoms. The van der Waals surface area contributed by atoms with Crippen LogP contribution in [-0.4, -0.2) is 29.6 Å². The molecule has 0 aliphatic heterocycles. The summed E-state index contributed by atoms with van der Waals surface area (Å²) in [7, 11) is 1.17. The Morgan fingerprint density at radius 3 is 2.00 bits per heavy atom. The number of halogens is 2. The lowest BCUT2D eigenvalue weighted by atomic mass is 9.88. The third-order valence-electron chi connectivity index (χ3n) is 2.99. The van der Waals surface area contributed by atoms with Crippen molar-refractivity contribution in [1.29, 1.82) is 0 Å². The number of hydrogen-bond donors (Lipinski definition) is 0. The molecule has 1 heterocycles. The Morgan fingerprint density at radius 1 is 1.00 bits per heavy atom. The van der Waals surface area contributed by atoms with Gasteiger partial charge in [0, 0.05) is 5.69 Å². The number of Topliss-reactive ketones (excluding diaryl/α,β-unsaturated/α-hetero) is 2. The molecule has 0 aromatic carbocycles. The first-order chi connectivity index (χ1) is 9.31. The van der Waals surface area contributed by atoms with Gasteiger partial charge in [-0.05, 0) is 13.8 Å². The third kappa shape index (κ3) is 1.94. The van der Waals surface area contributed by atoms with E-state index in [1.54, 1.807) is 13.8 Å². The minimum absolute atomic E-state index is 0.00426. The van der Waals surface area contributed by atoms with E-state index < -0.39 is 22.6 Å². The molecule has 1 aliphatic carbocycles. The number of esters is 1. The Bertz CT molecular complexity index is 707. The number of aromatic nitrogens is 1. The van der Waals surface area contributed by atoms with Gasteiger partial charge in [-0.1, -0.05) is 23.2 Å². The van der Waals surface area contributed by atoms with E-state index in [1.807, 2.05) is 0 Å². The van der Waals surface area contributed by atoms with Crippen molar-refractivity contribution in [3.63, 3.8) is 0 Å². The standard InChI is InChI=1S/C13H9Cl2NO4/c1-4-6-8(7(5(2)16-4)13(19)20-3)12(18)10(15)9(14)11(6)17/h1-3H3. The normalized spacial score (nSPS) is 14.4. The molecule has 0 bridgehead atoms. The van der Waals surface area contributed by atoms with Crippen LogP contribution in [0.4, 0.5) is 0 Å². The average Bonchev–Trinajstić information content (AvgIpc) is 2.41. The lowest BCUT2D eigenvalue weighted by molar-refractivity contribution is 0.0596. The topological polar surface area (TPSA) is 73.3 Å². The number of ether oxygens (including phenoxy) is 1. The first-order valence-corrected chi connectivity index (χ1v) is 6.31. The molecule has 104 valence electrons. The minimum atomic E-state index is -0.755. The summed E-state index contributed by atoms with van der Waals surface area (Å²) >= 11 is 11.5. The van der Waals surface area contributed by atoms with E-state index in [1.165, 1.54) is 7.11 Å². The third-order valence-corrected chi connectivity index (χ3v) is 3.81. The van der Waals surface area contributed by atoms with Gasteiger partial charge in [0.2, 0.25) is 11.6 Å². The van der Waals surface area contributed by atoms with E-state index in [4.69, 9.17) is 23.2 Å². The highest BCUT2D eigenvalue weighted by atomic mass is 35.5. The maximum atomic E-state index is 12.3. The summed E-state index contributed by atoms with van der Waals surface area (Å²) in [5.74, 6) is -2.06. The number of aryl methyl sites for hydroxylation is 2. The van der Waals surface area contributed by atoms with E-state index in [2.05, 4.69) is 9.72 Å². The van der Waals surface area contributed by atoms with Crippen molar-refractivity contribution in [2.75, 3.05) is 7.11 Å². The van der Waals surface area contributed by atoms with Crippen molar-refractivity contribution in [3.8, 4) is 0 Å².